The third-order valence-corrected chi connectivity index (χ3v) is 5.97. The largest absolute Gasteiger partial charge is 0.326 e. The van der Waals surface area contributed by atoms with E-state index in [0.717, 1.165) is 36.2 Å². The van der Waals surface area contributed by atoms with Crippen LogP contribution in [0.5, 0.6) is 0 Å². The molecule has 0 radical (unpaired) electrons. The Bertz CT molecular complexity index is 820. The number of hydrogen-bond acceptors (Lipinski definition) is 3. The van der Waals surface area contributed by atoms with E-state index in [0.29, 0.717) is 0 Å². The number of hydrogen-bond donors (Lipinski definition) is 2. The summed E-state index contributed by atoms with van der Waals surface area (Å²) in [5.74, 6) is 0.241. The van der Waals surface area contributed by atoms with Crippen molar-refractivity contribution in [2.45, 2.75) is 36.3 Å². The Morgan fingerprint density at radius 2 is 1.84 bits per heavy atom. The molecular weight excluding hydrogens is 332 g/mol. The minimum Gasteiger partial charge on any atom is -0.326 e. The van der Waals surface area contributed by atoms with Gasteiger partial charge in [-0.05, 0) is 55.5 Å². The molecule has 1 heterocycles. The molecule has 128 valence electrons. The first-order chi connectivity index (χ1) is 12.1. The van der Waals surface area contributed by atoms with E-state index >= 15 is 0 Å². The lowest BCUT2D eigenvalue weighted by Gasteiger charge is -2.14. The Morgan fingerprint density at radius 1 is 1.04 bits per heavy atom. The van der Waals surface area contributed by atoms with Gasteiger partial charge in [-0.2, -0.15) is 0 Å². The highest BCUT2D eigenvalue weighted by atomic mass is 32.2. The summed E-state index contributed by atoms with van der Waals surface area (Å²) in [4.78, 5) is 25.8. The number of nitrogens with one attached hydrogen (secondary N) is 2. The molecule has 25 heavy (non-hydrogen) atoms. The van der Waals surface area contributed by atoms with E-state index in [2.05, 4.69) is 22.8 Å². The Morgan fingerprint density at radius 3 is 2.60 bits per heavy atom. The molecule has 1 atom stereocenters. The zero-order chi connectivity index (χ0) is 17.4. The molecule has 1 aliphatic carbocycles. The van der Waals surface area contributed by atoms with Crippen LogP contribution in [-0.2, 0) is 16.0 Å². The second-order valence-corrected chi connectivity index (χ2v) is 7.95. The normalized spacial score (nSPS) is 18.5. The van der Waals surface area contributed by atoms with Crippen LogP contribution in [0, 0.1) is 12.8 Å². The third-order valence-electron chi connectivity index (χ3n) is 4.65. The molecule has 2 aromatic rings. The Balaban J connectivity index is 1.45. The molecule has 0 bridgehead atoms. The van der Waals surface area contributed by atoms with Gasteiger partial charge in [0.25, 0.3) is 0 Å². The summed E-state index contributed by atoms with van der Waals surface area (Å²) in [7, 11) is 0. The van der Waals surface area contributed by atoms with E-state index in [1.54, 1.807) is 11.8 Å². The van der Waals surface area contributed by atoms with E-state index in [-0.39, 0.29) is 23.0 Å². The van der Waals surface area contributed by atoms with Gasteiger partial charge in [0.1, 0.15) is 0 Å². The summed E-state index contributed by atoms with van der Waals surface area (Å²) in [6, 6.07) is 13.8. The first-order valence-corrected chi connectivity index (χ1v) is 9.45. The number of benzene rings is 2. The number of fused-ring (bicyclic) bond motifs is 1. The standard InChI is InChI=1S/C20H20N2O2S/c1-12-6-9-15(21-19(23)13-7-8-13)11-16(12)22-20(24)18-10-14-4-2-3-5-17(14)25-18/h2-6,9,11,13,18H,7-8,10H2,1H3,(H,21,23)(H,22,24). The second kappa shape index (κ2) is 6.56. The number of carbonyl (C=O) groups excluding carboxylic acids is 2. The molecule has 2 aromatic carbocycles. The quantitative estimate of drug-likeness (QED) is 0.874. The highest BCUT2D eigenvalue weighted by molar-refractivity contribution is 8.01. The van der Waals surface area contributed by atoms with Crippen LogP contribution in [0.3, 0.4) is 0 Å². The summed E-state index contributed by atoms with van der Waals surface area (Å²) >= 11 is 1.61. The first kappa shape index (κ1) is 16.2. The van der Waals surface area contributed by atoms with Crippen molar-refractivity contribution in [2.75, 3.05) is 10.6 Å². The summed E-state index contributed by atoms with van der Waals surface area (Å²) in [6.45, 7) is 1.96. The molecule has 4 rings (SSSR count). The fourth-order valence-electron chi connectivity index (χ4n) is 2.97. The van der Waals surface area contributed by atoms with E-state index in [9.17, 15) is 9.59 Å². The van der Waals surface area contributed by atoms with Gasteiger partial charge in [-0.3, -0.25) is 9.59 Å². The van der Waals surface area contributed by atoms with Crippen molar-refractivity contribution < 1.29 is 9.59 Å². The number of anilines is 2. The third kappa shape index (κ3) is 3.56. The van der Waals surface area contributed by atoms with E-state index in [1.807, 2.05) is 37.3 Å². The van der Waals surface area contributed by atoms with Crippen molar-refractivity contribution in [1.82, 2.24) is 0 Å². The zero-order valence-electron chi connectivity index (χ0n) is 14.0. The van der Waals surface area contributed by atoms with Gasteiger partial charge >= 0.3 is 0 Å². The van der Waals surface area contributed by atoms with Gasteiger partial charge in [0.05, 0.1) is 5.25 Å². The van der Waals surface area contributed by atoms with Crippen LogP contribution >= 0.6 is 11.8 Å². The lowest BCUT2D eigenvalue weighted by molar-refractivity contribution is -0.117. The minimum atomic E-state index is -0.110. The predicted molar refractivity (Wildman–Crippen MR) is 101 cm³/mol. The van der Waals surface area contributed by atoms with Gasteiger partial charge in [-0.15, -0.1) is 11.8 Å². The number of thioether (sulfide) groups is 1. The molecule has 1 saturated carbocycles. The van der Waals surface area contributed by atoms with E-state index in [4.69, 9.17) is 0 Å². The van der Waals surface area contributed by atoms with Crippen molar-refractivity contribution in [3.05, 3.63) is 53.6 Å². The van der Waals surface area contributed by atoms with Crippen LogP contribution in [0.15, 0.2) is 47.4 Å². The van der Waals surface area contributed by atoms with Gasteiger partial charge in [-0.25, -0.2) is 0 Å². The molecule has 0 saturated heterocycles. The summed E-state index contributed by atoms with van der Waals surface area (Å²) in [5.41, 5.74) is 3.71. The lowest BCUT2D eigenvalue weighted by Crippen LogP contribution is -2.25. The maximum atomic E-state index is 12.7. The maximum Gasteiger partial charge on any atom is 0.238 e. The first-order valence-electron chi connectivity index (χ1n) is 8.57. The van der Waals surface area contributed by atoms with Crippen LogP contribution in [-0.4, -0.2) is 17.1 Å². The van der Waals surface area contributed by atoms with Crippen molar-refractivity contribution in [3.8, 4) is 0 Å². The monoisotopic (exact) mass is 352 g/mol. The fraction of sp³-hybridized carbons (Fsp3) is 0.300. The van der Waals surface area contributed by atoms with Crippen LogP contribution in [0.4, 0.5) is 11.4 Å². The SMILES string of the molecule is Cc1ccc(NC(=O)C2CC2)cc1NC(=O)C1Cc2ccccc2S1. The van der Waals surface area contributed by atoms with Crippen LogP contribution in [0.2, 0.25) is 0 Å². The molecule has 2 aliphatic rings. The Hall–Kier alpha value is -2.27. The summed E-state index contributed by atoms with van der Waals surface area (Å²) < 4.78 is 0. The fourth-order valence-corrected chi connectivity index (χ4v) is 4.16. The van der Waals surface area contributed by atoms with Gasteiger partial charge in [-0.1, -0.05) is 24.3 Å². The van der Waals surface area contributed by atoms with Crippen LogP contribution in [0.25, 0.3) is 0 Å². The lowest BCUT2D eigenvalue weighted by atomic mass is 10.1. The summed E-state index contributed by atoms with van der Waals surface area (Å²) in [5, 5.41) is 5.86. The molecule has 1 fully saturated rings. The minimum absolute atomic E-state index is 0.00923. The smallest absolute Gasteiger partial charge is 0.238 e. The van der Waals surface area contributed by atoms with E-state index < -0.39 is 0 Å². The molecule has 0 spiro atoms. The average molecular weight is 352 g/mol. The van der Waals surface area contributed by atoms with Crippen molar-refractivity contribution in [1.29, 1.82) is 0 Å². The predicted octanol–water partition coefficient (Wildman–Crippen LogP) is 4.00. The number of amides is 2. The molecule has 0 aromatic heterocycles. The van der Waals surface area contributed by atoms with Gasteiger partial charge in [0, 0.05) is 22.2 Å². The van der Waals surface area contributed by atoms with Crippen molar-refractivity contribution in [2.24, 2.45) is 5.92 Å². The molecule has 2 amide bonds. The number of aryl methyl sites for hydroxylation is 1. The van der Waals surface area contributed by atoms with Crippen LogP contribution < -0.4 is 10.6 Å². The maximum absolute atomic E-state index is 12.7. The van der Waals surface area contributed by atoms with Gasteiger partial charge in [0.15, 0.2) is 0 Å². The molecule has 5 heteroatoms. The molecule has 4 nitrogen and oxygen atoms in total. The molecule has 1 aliphatic heterocycles. The highest BCUT2D eigenvalue weighted by Gasteiger charge is 2.30. The van der Waals surface area contributed by atoms with Crippen molar-refractivity contribution in [3.63, 3.8) is 0 Å². The number of rotatable bonds is 4. The molecule has 1 unspecified atom stereocenters. The van der Waals surface area contributed by atoms with Gasteiger partial charge in [0.2, 0.25) is 11.8 Å². The molecular formula is C20H20N2O2S. The average Bonchev–Trinajstić information content (AvgIpc) is 3.36. The zero-order valence-corrected chi connectivity index (χ0v) is 14.9. The van der Waals surface area contributed by atoms with Crippen LogP contribution in [0.1, 0.15) is 24.0 Å². The molecule has 2 N–H and O–H groups in total. The summed E-state index contributed by atoms with van der Waals surface area (Å²) in [6.07, 6.45) is 2.70. The highest BCUT2D eigenvalue weighted by Crippen LogP contribution is 2.37. The Kier molecular flexibility index (Phi) is 4.25. The number of carbonyl (C=O) groups is 2. The Labute approximate surface area is 151 Å². The van der Waals surface area contributed by atoms with Crippen molar-refractivity contribution >= 4 is 35.0 Å². The van der Waals surface area contributed by atoms with Gasteiger partial charge < -0.3 is 10.6 Å². The topological polar surface area (TPSA) is 58.2 Å². The second-order valence-electron chi connectivity index (χ2n) is 6.70. The van der Waals surface area contributed by atoms with E-state index in [1.165, 1.54) is 10.5 Å².